The van der Waals surface area contributed by atoms with Gasteiger partial charge in [0, 0.05) is 16.5 Å². The number of alkyl halides is 5. The lowest BCUT2D eigenvalue weighted by Gasteiger charge is -2.17. The SMILES string of the molecule is Cc1c(CC(=O)O)c2cc(O)c(Cl)cc2n1C(=O)c1csc(SC(F)(F)C(F)(F)F)c1. The number of halogens is 6. The monoisotopic (exact) mass is 499 g/mol. The highest BCUT2D eigenvalue weighted by Crippen LogP contribution is 2.49. The molecule has 3 rings (SSSR count). The van der Waals surface area contributed by atoms with Gasteiger partial charge in [0.1, 0.15) is 5.75 Å². The molecule has 3 aromatic rings. The first-order chi connectivity index (χ1) is 14.2. The summed E-state index contributed by atoms with van der Waals surface area (Å²) >= 11 is 5.73. The van der Waals surface area contributed by atoms with Crippen molar-refractivity contribution in [1.82, 2.24) is 4.57 Å². The van der Waals surface area contributed by atoms with Crippen LogP contribution in [0.2, 0.25) is 5.02 Å². The molecule has 0 radical (unpaired) electrons. The largest absolute Gasteiger partial charge is 0.506 e. The lowest BCUT2D eigenvalue weighted by Crippen LogP contribution is -2.32. The molecule has 0 aliphatic heterocycles. The second-order valence-corrected chi connectivity index (χ2v) is 9.10. The summed E-state index contributed by atoms with van der Waals surface area (Å²) in [7, 11) is 0. The highest BCUT2D eigenvalue weighted by molar-refractivity contribution is 8.02. The average Bonchev–Trinajstić information content (AvgIpc) is 3.18. The van der Waals surface area contributed by atoms with E-state index < -0.39 is 45.7 Å². The van der Waals surface area contributed by atoms with Gasteiger partial charge in [-0.15, -0.1) is 11.3 Å². The third kappa shape index (κ3) is 4.37. The van der Waals surface area contributed by atoms with Gasteiger partial charge in [0.2, 0.25) is 0 Å². The van der Waals surface area contributed by atoms with Crippen molar-refractivity contribution in [2.45, 2.75) is 29.0 Å². The van der Waals surface area contributed by atoms with E-state index in [2.05, 4.69) is 0 Å². The van der Waals surface area contributed by atoms with Crippen LogP contribution in [0.3, 0.4) is 0 Å². The maximum atomic E-state index is 13.3. The zero-order valence-corrected chi connectivity index (χ0v) is 17.6. The number of hydrogen-bond donors (Lipinski definition) is 2. The van der Waals surface area contributed by atoms with E-state index in [0.717, 1.165) is 16.0 Å². The van der Waals surface area contributed by atoms with Crippen molar-refractivity contribution in [1.29, 1.82) is 0 Å². The number of phenolic OH excluding ortho intramolecular Hbond substituents is 1. The van der Waals surface area contributed by atoms with Crippen molar-refractivity contribution in [3.63, 3.8) is 0 Å². The Hall–Kier alpha value is -2.31. The number of phenols is 1. The zero-order chi connectivity index (χ0) is 23.3. The number of fused-ring (bicyclic) bond motifs is 1. The van der Waals surface area contributed by atoms with E-state index in [1.54, 1.807) is 0 Å². The Morgan fingerprint density at radius 3 is 2.42 bits per heavy atom. The lowest BCUT2D eigenvalue weighted by atomic mass is 10.1. The summed E-state index contributed by atoms with van der Waals surface area (Å²) in [4.78, 5) is 24.3. The van der Waals surface area contributed by atoms with Crippen LogP contribution in [-0.4, -0.2) is 38.1 Å². The van der Waals surface area contributed by atoms with Crippen LogP contribution in [0.1, 0.15) is 21.6 Å². The molecule has 0 aliphatic rings. The standard InChI is InChI=1S/C18H11ClF5NO4S2/c1-7-9(4-14(27)28)10-3-13(26)11(19)5-12(10)25(7)16(29)8-2-15(30-6-8)31-18(23,24)17(20,21)22/h2-3,5-6,26H,4H2,1H3,(H,27,28). The first-order valence-electron chi connectivity index (χ1n) is 8.24. The number of aromatic hydroxyl groups is 1. The Bertz CT molecular complexity index is 1200. The highest BCUT2D eigenvalue weighted by atomic mass is 35.5. The highest BCUT2D eigenvalue weighted by Gasteiger charge is 2.58. The molecule has 31 heavy (non-hydrogen) atoms. The van der Waals surface area contributed by atoms with E-state index >= 15 is 0 Å². The van der Waals surface area contributed by atoms with Crippen LogP contribution >= 0.6 is 34.7 Å². The molecule has 0 fully saturated rings. The van der Waals surface area contributed by atoms with Crippen LogP contribution in [0.15, 0.2) is 27.8 Å². The van der Waals surface area contributed by atoms with E-state index in [-0.39, 0.29) is 38.5 Å². The second kappa shape index (κ2) is 7.99. The third-order valence-electron chi connectivity index (χ3n) is 4.32. The summed E-state index contributed by atoms with van der Waals surface area (Å²) in [6, 6.07) is 3.34. The Morgan fingerprint density at radius 1 is 1.19 bits per heavy atom. The number of aromatic nitrogens is 1. The number of carboxylic acid groups (broad SMARTS) is 1. The van der Waals surface area contributed by atoms with E-state index in [4.69, 9.17) is 11.6 Å². The molecule has 0 saturated heterocycles. The van der Waals surface area contributed by atoms with E-state index in [1.165, 1.54) is 19.1 Å². The van der Waals surface area contributed by atoms with Gasteiger partial charge in [-0.25, -0.2) is 0 Å². The maximum absolute atomic E-state index is 13.3. The summed E-state index contributed by atoms with van der Waals surface area (Å²) in [5.41, 5.74) is 0.403. The quantitative estimate of drug-likeness (QED) is 0.336. The number of benzene rings is 1. The first-order valence-corrected chi connectivity index (χ1v) is 10.3. The van der Waals surface area contributed by atoms with Gasteiger partial charge in [0.15, 0.2) is 0 Å². The molecule has 2 N–H and O–H groups in total. The molecule has 1 aromatic carbocycles. The molecular formula is C18H11ClF5NO4S2. The first kappa shape index (κ1) is 23.4. The Balaban J connectivity index is 2.08. The van der Waals surface area contributed by atoms with E-state index in [1.807, 2.05) is 0 Å². The van der Waals surface area contributed by atoms with E-state index in [9.17, 15) is 41.8 Å². The third-order valence-corrected chi connectivity index (χ3v) is 6.69. The van der Waals surface area contributed by atoms with Crippen molar-refractivity contribution >= 4 is 57.5 Å². The van der Waals surface area contributed by atoms with Crippen LogP contribution in [0.4, 0.5) is 22.0 Å². The van der Waals surface area contributed by atoms with Crippen molar-refractivity contribution < 1.29 is 41.8 Å². The molecule has 5 nitrogen and oxygen atoms in total. The molecule has 0 atom stereocenters. The van der Waals surface area contributed by atoms with Gasteiger partial charge in [-0.2, -0.15) is 22.0 Å². The molecule has 0 bridgehead atoms. The molecule has 0 saturated carbocycles. The fourth-order valence-corrected chi connectivity index (χ4v) is 4.89. The van der Waals surface area contributed by atoms with Gasteiger partial charge >= 0.3 is 17.4 Å². The van der Waals surface area contributed by atoms with Gasteiger partial charge in [-0.3, -0.25) is 14.2 Å². The Morgan fingerprint density at radius 2 is 1.84 bits per heavy atom. The molecule has 2 heterocycles. The number of thiophene rings is 1. The maximum Gasteiger partial charge on any atom is 0.464 e. The summed E-state index contributed by atoms with van der Waals surface area (Å²) in [5, 5.41) is 15.3. The predicted molar refractivity (Wildman–Crippen MR) is 106 cm³/mol. The summed E-state index contributed by atoms with van der Waals surface area (Å²) in [5.74, 6) is -2.32. The zero-order valence-electron chi connectivity index (χ0n) is 15.3. The number of carbonyl (C=O) groups excluding carboxylic acids is 1. The molecule has 166 valence electrons. The summed E-state index contributed by atoms with van der Waals surface area (Å²) in [6.45, 7) is 1.45. The topological polar surface area (TPSA) is 79.5 Å². The van der Waals surface area contributed by atoms with Crippen LogP contribution in [0, 0.1) is 6.92 Å². The minimum atomic E-state index is -5.76. The van der Waals surface area contributed by atoms with Gasteiger partial charge in [0.05, 0.1) is 26.7 Å². The van der Waals surface area contributed by atoms with Crippen molar-refractivity contribution in [3.05, 3.63) is 45.4 Å². The number of carbonyl (C=O) groups is 2. The fraction of sp³-hybridized carbons (Fsp3) is 0.222. The van der Waals surface area contributed by atoms with Crippen molar-refractivity contribution in [3.8, 4) is 5.75 Å². The van der Waals surface area contributed by atoms with Gasteiger partial charge in [-0.05, 0) is 42.4 Å². The van der Waals surface area contributed by atoms with E-state index in [0.29, 0.717) is 11.3 Å². The normalized spacial score (nSPS) is 12.5. The smallest absolute Gasteiger partial charge is 0.464 e. The Kier molecular flexibility index (Phi) is 6.02. The van der Waals surface area contributed by atoms with Crippen LogP contribution in [0.25, 0.3) is 10.9 Å². The number of carboxylic acids is 1. The molecule has 0 aliphatic carbocycles. The lowest BCUT2D eigenvalue weighted by molar-refractivity contribution is -0.237. The number of hydrogen-bond acceptors (Lipinski definition) is 5. The minimum Gasteiger partial charge on any atom is -0.506 e. The molecule has 13 heteroatoms. The molecular weight excluding hydrogens is 489 g/mol. The van der Waals surface area contributed by atoms with Gasteiger partial charge in [0.25, 0.3) is 5.91 Å². The molecule has 2 aromatic heterocycles. The van der Waals surface area contributed by atoms with Crippen LogP contribution in [0.5, 0.6) is 5.75 Å². The fourth-order valence-electron chi connectivity index (χ4n) is 2.92. The van der Waals surface area contributed by atoms with Crippen molar-refractivity contribution in [2.24, 2.45) is 0 Å². The minimum absolute atomic E-state index is 0.118. The summed E-state index contributed by atoms with van der Waals surface area (Å²) in [6.07, 6.45) is -6.24. The molecule has 0 unspecified atom stereocenters. The number of aliphatic carboxylic acids is 1. The van der Waals surface area contributed by atoms with Gasteiger partial charge < -0.3 is 10.2 Å². The second-order valence-electron chi connectivity index (χ2n) is 6.37. The number of rotatable bonds is 5. The van der Waals surface area contributed by atoms with Crippen LogP contribution in [-0.2, 0) is 11.2 Å². The summed E-state index contributed by atoms with van der Waals surface area (Å²) < 4.78 is 64.5. The van der Waals surface area contributed by atoms with Crippen molar-refractivity contribution in [2.75, 3.05) is 0 Å². The Labute approximate surface area is 184 Å². The molecule has 0 spiro atoms. The number of nitrogens with zero attached hydrogens (tertiary/aromatic N) is 1. The average molecular weight is 500 g/mol. The van der Waals surface area contributed by atoms with Gasteiger partial charge in [-0.1, -0.05) is 11.6 Å². The van der Waals surface area contributed by atoms with Crippen LogP contribution < -0.4 is 0 Å². The molecule has 0 amide bonds. The predicted octanol–water partition coefficient (Wildman–Crippen LogP) is 5.93. The number of thioether (sulfide) groups is 1.